The molecule has 0 unspecified atom stereocenters. The summed E-state index contributed by atoms with van der Waals surface area (Å²) in [4.78, 5) is 10.7. The van der Waals surface area contributed by atoms with Gasteiger partial charge in [-0.25, -0.2) is 9.97 Å². The number of rotatable bonds is 4. The molecular formula is C21H15N3S3. The minimum atomic E-state index is 0.863. The molecule has 2 heterocycles. The number of benzene rings is 3. The summed E-state index contributed by atoms with van der Waals surface area (Å²) in [6, 6.07) is 21.1. The number of hydrogen-bond donors (Lipinski definition) is 1. The summed E-state index contributed by atoms with van der Waals surface area (Å²) in [7, 11) is 0. The van der Waals surface area contributed by atoms with Gasteiger partial charge in [0.25, 0.3) is 0 Å². The highest BCUT2D eigenvalue weighted by Gasteiger charge is 2.10. The molecule has 27 heavy (non-hydrogen) atoms. The number of aromatic nitrogens is 2. The Morgan fingerprint density at radius 1 is 0.926 bits per heavy atom. The van der Waals surface area contributed by atoms with E-state index in [1.165, 1.54) is 20.4 Å². The van der Waals surface area contributed by atoms with Gasteiger partial charge in [0.05, 0.1) is 15.9 Å². The van der Waals surface area contributed by atoms with Crippen LogP contribution in [0.25, 0.3) is 32.2 Å². The van der Waals surface area contributed by atoms with Gasteiger partial charge in [-0.05, 0) is 35.2 Å². The molecule has 0 aliphatic carbocycles. The minimum absolute atomic E-state index is 0.863. The van der Waals surface area contributed by atoms with Crippen molar-refractivity contribution >= 4 is 65.7 Å². The molecule has 6 heteroatoms. The molecular weight excluding hydrogens is 390 g/mol. The van der Waals surface area contributed by atoms with Crippen LogP contribution in [0.15, 0.2) is 70.9 Å². The van der Waals surface area contributed by atoms with Crippen LogP contribution in [0.3, 0.4) is 0 Å². The summed E-state index contributed by atoms with van der Waals surface area (Å²) in [6.07, 6.45) is 2.09. The maximum absolute atomic E-state index is 4.80. The standard InChI is InChI=1S/C21H15N3S3/c1-25-14-9-10-17-19(11-14)27-21(22-17)24-20-23-18(12-26-20)16-8-4-6-13-5-2-3-7-15(13)16/h2-12H,1H3,(H,22,23,24). The highest BCUT2D eigenvalue weighted by atomic mass is 32.2. The molecule has 0 aliphatic heterocycles. The van der Waals surface area contributed by atoms with E-state index in [-0.39, 0.29) is 0 Å². The topological polar surface area (TPSA) is 37.8 Å². The first-order valence-electron chi connectivity index (χ1n) is 8.45. The minimum Gasteiger partial charge on any atom is -0.307 e. The molecule has 0 fully saturated rings. The van der Waals surface area contributed by atoms with E-state index < -0.39 is 0 Å². The van der Waals surface area contributed by atoms with E-state index in [1.807, 2.05) is 0 Å². The Labute approximate surface area is 169 Å². The third kappa shape index (κ3) is 3.20. The van der Waals surface area contributed by atoms with Crippen molar-refractivity contribution in [3.63, 3.8) is 0 Å². The van der Waals surface area contributed by atoms with Crippen molar-refractivity contribution in [3.05, 3.63) is 66.0 Å². The van der Waals surface area contributed by atoms with E-state index in [9.17, 15) is 0 Å². The van der Waals surface area contributed by atoms with Crippen LogP contribution in [0, 0.1) is 0 Å². The second-order valence-corrected chi connectivity index (χ2v) is 8.81. The van der Waals surface area contributed by atoms with Crippen molar-refractivity contribution in [2.75, 3.05) is 11.6 Å². The molecule has 3 nitrogen and oxygen atoms in total. The zero-order chi connectivity index (χ0) is 18.2. The predicted octanol–water partition coefficient (Wildman–Crippen LogP) is 7.04. The van der Waals surface area contributed by atoms with E-state index in [0.29, 0.717) is 0 Å². The summed E-state index contributed by atoms with van der Waals surface area (Å²) < 4.78 is 1.19. The van der Waals surface area contributed by atoms with Gasteiger partial charge in [0.15, 0.2) is 10.3 Å². The largest absolute Gasteiger partial charge is 0.307 e. The van der Waals surface area contributed by atoms with Crippen LogP contribution in [-0.2, 0) is 0 Å². The molecule has 0 saturated heterocycles. The van der Waals surface area contributed by atoms with Crippen LogP contribution in [-0.4, -0.2) is 16.2 Å². The van der Waals surface area contributed by atoms with Crippen LogP contribution in [0.2, 0.25) is 0 Å². The molecule has 0 bridgehead atoms. The first-order valence-corrected chi connectivity index (χ1v) is 11.4. The zero-order valence-electron chi connectivity index (χ0n) is 14.5. The van der Waals surface area contributed by atoms with Crippen molar-refractivity contribution < 1.29 is 0 Å². The number of thiazole rings is 2. The molecule has 132 valence electrons. The summed E-state index contributed by atoms with van der Waals surface area (Å²) in [5.41, 5.74) is 3.17. The summed E-state index contributed by atoms with van der Waals surface area (Å²) in [5.74, 6) is 0. The first-order chi connectivity index (χ1) is 13.3. The van der Waals surface area contributed by atoms with Crippen LogP contribution < -0.4 is 5.32 Å². The zero-order valence-corrected chi connectivity index (χ0v) is 16.9. The van der Waals surface area contributed by atoms with Crippen LogP contribution in [0.4, 0.5) is 10.3 Å². The molecule has 5 aromatic rings. The molecule has 0 atom stereocenters. The number of anilines is 2. The Hall–Kier alpha value is -2.41. The first kappa shape index (κ1) is 16.7. The van der Waals surface area contributed by atoms with Crippen molar-refractivity contribution in [3.8, 4) is 11.3 Å². The average Bonchev–Trinajstić information content (AvgIpc) is 3.33. The van der Waals surface area contributed by atoms with Gasteiger partial charge >= 0.3 is 0 Å². The predicted molar refractivity (Wildman–Crippen MR) is 120 cm³/mol. The lowest BCUT2D eigenvalue weighted by atomic mass is 10.0. The monoisotopic (exact) mass is 405 g/mol. The lowest BCUT2D eigenvalue weighted by molar-refractivity contribution is 1.36. The van der Waals surface area contributed by atoms with Gasteiger partial charge in [-0.15, -0.1) is 23.1 Å². The molecule has 2 aromatic heterocycles. The summed E-state index contributed by atoms with van der Waals surface area (Å²) >= 11 is 5.01. The van der Waals surface area contributed by atoms with Gasteiger partial charge in [0.1, 0.15) is 0 Å². The highest BCUT2D eigenvalue weighted by molar-refractivity contribution is 7.98. The fourth-order valence-corrected chi connectivity index (χ4v) is 5.27. The molecule has 0 aliphatic rings. The second kappa shape index (κ2) is 6.96. The van der Waals surface area contributed by atoms with Crippen LogP contribution in [0.5, 0.6) is 0 Å². The van der Waals surface area contributed by atoms with Gasteiger partial charge in [-0.3, -0.25) is 0 Å². The number of fused-ring (bicyclic) bond motifs is 2. The third-order valence-corrected chi connectivity index (χ3v) is 6.80. The number of thioether (sulfide) groups is 1. The van der Waals surface area contributed by atoms with Gasteiger partial charge in [0, 0.05) is 15.8 Å². The Bertz CT molecular complexity index is 1250. The summed E-state index contributed by atoms with van der Waals surface area (Å²) in [6.45, 7) is 0. The van der Waals surface area contributed by atoms with E-state index in [0.717, 1.165) is 27.0 Å². The fraction of sp³-hybridized carbons (Fsp3) is 0.0476. The Morgan fingerprint density at radius 3 is 2.74 bits per heavy atom. The Morgan fingerprint density at radius 2 is 1.81 bits per heavy atom. The second-order valence-electron chi connectivity index (χ2n) is 6.04. The lowest BCUT2D eigenvalue weighted by Crippen LogP contribution is -1.88. The molecule has 5 rings (SSSR count). The Balaban J connectivity index is 1.47. The Kier molecular flexibility index (Phi) is 4.32. The van der Waals surface area contributed by atoms with Gasteiger partial charge < -0.3 is 5.32 Å². The van der Waals surface area contributed by atoms with Gasteiger partial charge in [-0.1, -0.05) is 53.8 Å². The fourth-order valence-electron chi connectivity index (χ4n) is 3.08. The van der Waals surface area contributed by atoms with Gasteiger partial charge in [0.2, 0.25) is 0 Å². The molecule has 0 amide bonds. The number of nitrogens with zero attached hydrogens (tertiary/aromatic N) is 2. The van der Waals surface area contributed by atoms with E-state index in [2.05, 4.69) is 82.6 Å². The van der Waals surface area contributed by atoms with E-state index >= 15 is 0 Å². The molecule has 0 saturated carbocycles. The number of hydrogen-bond acceptors (Lipinski definition) is 6. The SMILES string of the molecule is CSc1ccc2nc(Nc3nc(-c4cccc5ccccc45)cs3)sc2c1. The molecule has 0 radical (unpaired) electrons. The third-order valence-electron chi connectivity index (χ3n) is 4.38. The molecule has 3 aromatic carbocycles. The van der Waals surface area contributed by atoms with Crippen molar-refractivity contribution in [1.82, 2.24) is 9.97 Å². The van der Waals surface area contributed by atoms with Crippen molar-refractivity contribution in [2.45, 2.75) is 4.90 Å². The quantitative estimate of drug-likeness (QED) is 0.325. The smallest absolute Gasteiger partial charge is 0.190 e. The van der Waals surface area contributed by atoms with E-state index in [1.54, 1.807) is 34.4 Å². The van der Waals surface area contributed by atoms with Crippen LogP contribution >= 0.6 is 34.4 Å². The summed E-state index contributed by atoms with van der Waals surface area (Å²) in [5, 5.41) is 9.67. The normalized spacial score (nSPS) is 11.3. The van der Waals surface area contributed by atoms with Crippen LogP contribution in [0.1, 0.15) is 0 Å². The van der Waals surface area contributed by atoms with E-state index in [4.69, 9.17) is 4.98 Å². The molecule has 0 spiro atoms. The van der Waals surface area contributed by atoms with Crippen molar-refractivity contribution in [2.24, 2.45) is 0 Å². The average molecular weight is 406 g/mol. The maximum Gasteiger partial charge on any atom is 0.190 e. The maximum atomic E-state index is 4.80. The lowest BCUT2D eigenvalue weighted by Gasteiger charge is -2.03. The molecule has 1 N–H and O–H groups in total. The highest BCUT2D eigenvalue weighted by Crippen LogP contribution is 2.34. The number of nitrogens with one attached hydrogen (secondary N) is 1. The van der Waals surface area contributed by atoms with Gasteiger partial charge in [-0.2, -0.15) is 0 Å². The van der Waals surface area contributed by atoms with Crippen molar-refractivity contribution in [1.29, 1.82) is 0 Å².